The van der Waals surface area contributed by atoms with Crippen LogP contribution in [0.25, 0.3) is 31.6 Å². The molecule has 1 aliphatic rings. The molecule has 1 amide bonds. The van der Waals surface area contributed by atoms with Gasteiger partial charge in [0.2, 0.25) is 5.91 Å². The van der Waals surface area contributed by atoms with E-state index in [9.17, 15) is 4.79 Å². The fraction of sp³-hybridized carbons (Fsp3) is 0.346. The lowest BCUT2D eigenvalue weighted by Gasteiger charge is -2.16. The van der Waals surface area contributed by atoms with Gasteiger partial charge < -0.3 is 24.8 Å². The molecular weight excluding hydrogens is 460 g/mol. The molecule has 0 saturated carbocycles. The Bertz CT molecular complexity index is 1440. The first-order valence-electron chi connectivity index (χ1n) is 11.7. The van der Waals surface area contributed by atoms with Crippen molar-refractivity contribution in [2.45, 2.75) is 19.4 Å². The Hall–Kier alpha value is -3.43. The number of benzene rings is 1. The second kappa shape index (κ2) is 9.31. The summed E-state index contributed by atoms with van der Waals surface area (Å²) in [7, 11) is 5.67. The van der Waals surface area contributed by atoms with Crippen molar-refractivity contribution in [3.63, 3.8) is 0 Å². The predicted octanol–water partition coefficient (Wildman–Crippen LogP) is 4.10. The fourth-order valence-corrected chi connectivity index (χ4v) is 5.91. The summed E-state index contributed by atoms with van der Waals surface area (Å²) in [5.41, 5.74) is 9.34. The number of nitrogen functional groups attached to an aromatic ring is 1. The number of likely N-dealkylation sites (tertiary alicyclic amines) is 1. The zero-order chi connectivity index (χ0) is 24.7. The second-order valence-electron chi connectivity index (χ2n) is 9.30. The van der Waals surface area contributed by atoms with E-state index in [-0.39, 0.29) is 11.9 Å². The number of methoxy groups -OCH3 is 1. The smallest absolute Gasteiger partial charge is 0.246 e. The Balaban J connectivity index is 1.52. The molecule has 8 nitrogen and oxygen atoms in total. The molecule has 0 aliphatic carbocycles. The van der Waals surface area contributed by atoms with E-state index in [4.69, 9.17) is 10.5 Å². The Labute approximate surface area is 208 Å². The number of hydrogen-bond acceptors (Lipinski definition) is 7. The minimum absolute atomic E-state index is 0.0483. The molecule has 1 aliphatic heterocycles. The van der Waals surface area contributed by atoms with Gasteiger partial charge in [0, 0.05) is 42.3 Å². The average molecular weight is 491 g/mol. The summed E-state index contributed by atoms with van der Waals surface area (Å²) in [6.45, 7) is 4.16. The molecule has 182 valence electrons. The molecule has 4 aromatic rings. The van der Waals surface area contributed by atoms with Crippen LogP contribution in [0.1, 0.15) is 18.0 Å². The number of aromatic nitrogens is 3. The van der Waals surface area contributed by atoms with Crippen LogP contribution in [0.2, 0.25) is 0 Å². The van der Waals surface area contributed by atoms with Gasteiger partial charge >= 0.3 is 0 Å². The molecular formula is C26H30N6O2S. The molecule has 3 aromatic heterocycles. The summed E-state index contributed by atoms with van der Waals surface area (Å²) >= 11 is 1.68. The number of nitrogens with zero attached hydrogens (tertiary/aromatic N) is 5. The summed E-state index contributed by atoms with van der Waals surface area (Å²) < 4.78 is 8.92. The number of ether oxygens (including phenoxy) is 1. The van der Waals surface area contributed by atoms with Crippen LogP contribution in [0, 0.1) is 6.92 Å². The van der Waals surface area contributed by atoms with E-state index >= 15 is 0 Å². The minimum atomic E-state index is 0.0483. The standard InChI is InChI=1S/C26H30N6O2S/c1-16-10-17-12-21(35-24(17)20(11-16)34-4)19-14-32(26-23(19)25(27)28-15-29-26)18-7-9-31(13-18)22(33)6-5-8-30(2)3/h5-6,10-12,14-15,18H,7-9,13H2,1-4H3,(H2,27,28,29)/b6-5+. The highest BCUT2D eigenvalue weighted by Crippen LogP contribution is 2.43. The number of amides is 1. The van der Waals surface area contributed by atoms with Gasteiger partial charge in [0.25, 0.3) is 0 Å². The predicted molar refractivity (Wildman–Crippen MR) is 142 cm³/mol. The summed E-state index contributed by atoms with van der Waals surface area (Å²) in [5.74, 6) is 1.38. The number of nitrogens with two attached hydrogens (primary N) is 1. The topological polar surface area (TPSA) is 89.5 Å². The summed E-state index contributed by atoms with van der Waals surface area (Å²) in [4.78, 5) is 26.6. The molecule has 1 atom stereocenters. The van der Waals surface area contributed by atoms with Crippen LogP contribution in [0.15, 0.2) is 42.9 Å². The summed E-state index contributed by atoms with van der Waals surface area (Å²) in [6.07, 6.45) is 8.08. The molecule has 1 unspecified atom stereocenters. The fourth-order valence-electron chi connectivity index (χ4n) is 4.76. The van der Waals surface area contributed by atoms with Gasteiger partial charge in [-0.1, -0.05) is 12.1 Å². The molecule has 1 fully saturated rings. The van der Waals surface area contributed by atoms with Crippen molar-refractivity contribution in [1.29, 1.82) is 0 Å². The maximum atomic E-state index is 12.7. The number of carbonyl (C=O) groups excluding carboxylic acids is 1. The van der Waals surface area contributed by atoms with Crippen LogP contribution in [0.5, 0.6) is 5.75 Å². The van der Waals surface area contributed by atoms with Crippen LogP contribution < -0.4 is 10.5 Å². The van der Waals surface area contributed by atoms with Gasteiger partial charge in [-0.25, -0.2) is 9.97 Å². The van der Waals surface area contributed by atoms with Crippen LogP contribution in [0.3, 0.4) is 0 Å². The first-order chi connectivity index (χ1) is 16.9. The van der Waals surface area contributed by atoms with Gasteiger partial charge in [-0.3, -0.25) is 4.79 Å². The van der Waals surface area contributed by atoms with Gasteiger partial charge in [-0.05, 0) is 50.5 Å². The van der Waals surface area contributed by atoms with E-state index in [2.05, 4.69) is 45.9 Å². The molecule has 0 bridgehead atoms. The number of aryl methyl sites for hydroxylation is 1. The van der Waals surface area contributed by atoms with Crippen LogP contribution in [-0.2, 0) is 4.79 Å². The number of anilines is 1. The second-order valence-corrected chi connectivity index (χ2v) is 10.3. The van der Waals surface area contributed by atoms with Gasteiger partial charge in [-0.2, -0.15) is 0 Å². The molecule has 4 heterocycles. The quantitative estimate of drug-likeness (QED) is 0.409. The number of hydrogen-bond donors (Lipinski definition) is 1. The molecule has 1 aromatic carbocycles. The number of rotatable bonds is 6. The van der Waals surface area contributed by atoms with Crippen molar-refractivity contribution in [2.24, 2.45) is 0 Å². The van der Waals surface area contributed by atoms with E-state index < -0.39 is 0 Å². The van der Waals surface area contributed by atoms with Crippen molar-refractivity contribution in [3.05, 3.63) is 48.4 Å². The average Bonchev–Trinajstić information content (AvgIpc) is 3.54. The monoisotopic (exact) mass is 490 g/mol. The highest BCUT2D eigenvalue weighted by molar-refractivity contribution is 7.22. The van der Waals surface area contributed by atoms with Crippen molar-refractivity contribution in [1.82, 2.24) is 24.3 Å². The number of fused-ring (bicyclic) bond motifs is 2. The molecule has 5 rings (SSSR count). The molecule has 2 N–H and O–H groups in total. The van der Waals surface area contributed by atoms with Gasteiger partial charge in [-0.15, -0.1) is 11.3 Å². The molecule has 9 heteroatoms. The van der Waals surface area contributed by atoms with E-state index in [0.29, 0.717) is 18.9 Å². The highest BCUT2D eigenvalue weighted by Gasteiger charge is 2.29. The first kappa shape index (κ1) is 23.3. The van der Waals surface area contributed by atoms with Gasteiger partial charge in [0.05, 0.1) is 23.2 Å². The van der Waals surface area contributed by atoms with Crippen molar-refractivity contribution >= 4 is 44.2 Å². The third kappa shape index (κ3) is 4.37. The van der Waals surface area contributed by atoms with Gasteiger partial charge in [0.15, 0.2) is 0 Å². The zero-order valence-electron chi connectivity index (χ0n) is 20.5. The van der Waals surface area contributed by atoms with E-state index in [0.717, 1.165) is 55.8 Å². The van der Waals surface area contributed by atoms with Crippen LogP contribution >= 0.6 is 11.3 Å². The first-order valence-corrected chi connectivity index (χ1v) is 12.5. The minimum Gasteiger partial charge on any atom is -0.495 e. The Morgan fingerprint density at radius 1 is 1.31 bits per heavy atom. The van der Waals surface area contributed by atoms with E-state index in [1.165, 1.54) is 6.33 Å². The van der Waals surface area contributed by atoms with Crippen LogP contribution in [0.4, 0.5) is 5.82 Å². The highest BCUT2D eigenvalue weighted by atomic mass is 32.1. The van der Waals surface area contributed by atoms with E-state index in [1.54, 1.807) is 24.5 Å². The SMILES string of the molecule is COc1cc(C)cc2cc(-c3cn(C4CCN(C(=O)/C=C/CN(C)C)C4)c4ncnc(N)c34)sc12. The van der Waals surface area contributed by atoms with Crippen molar-refractivity contribution in [3.8, 4) is 16.2 Å². The lowest BCUT2D eigenvalue weighted by atomic mass is 10.1. The van der Waals surface area contributed by atoms with Crippen molar-refractivity contribution < 1.29 is 9.53 Å². The van der Waals surface area contributed by atoms with E-state index in [1.807, 2.05) is 30.0 Å². The lowest BCUT2D eigenvalue weighted by Crippen LogP contribution is -2.27. The largest absolute Gasteiger partial charge is 0.495 e. The Kier molecular flexibility index (Phi) is 6.21. The summed E-state index contributed by atoms with van der Waals surface area (Å²) in [5, 5.41) is 1.99. The maximum Gasteiger partial charge on any atom is 0.246 e. The summed E-state index contributed by atoms with van der Waals surface area (Å²) in [6, 6.07) is 6.53. The van der Waals surface area contributed by atoms with Gasteiger partial charge in [0.1, 0.15) is 23.5 Å². The molecule has 1 saturated heterocycles. The van der Waals surface area contributed by atoms with Crippen molar-refractivity contribution in [2.75, 3.05) is 46.6 Å². The normalized spacial score (nSPS) is 16.4. The molecule has 35 heavy (non-hydrogen) atoms. The molecule has 0 radical (unpaired) electrons. The van der Waals surface area contributed by atoms with Crippen LogP contribution in [-0.4, -0.2) is 71.1 Å². The lowest BCUT2D eigenvalue weighted by molar-refractivity contribution is -0.125. The Morgan fingerprint density at radius 2 is 2.14 bits per heavy atom. The zero-order valence-corrected chi connectivity index (χ0v) is 21.3. The number of thiophene rings is 1. The molecule has 0 spiro atoms. The third-order valence-corrected chi connectivity index (χ3v) is 7.65. The third-order valence-electron chi connectivity index (χ3n) is 6.45. The number of likely N-dealkylation sites (N-methyl/N-ethyl adjacent to an activating group) is 1. The maximum absolute atomic E-state index is 12.7. The Morgan fingerprint density at radius 3 is 2.91 bits per heavy atom. The number of carbonyl (C=O) groups is 1.